The van der Waals surface area contributed by atoms with E-state index in [1.165, 1.54) is 0 Å². The second-order valence-corrected chi connectivity index (χ2v) is 5.21. The first kappa shape index (κ1) is 24.1. The van der Waals surface area contributed by atoms with Crippen LogP contribution in [0, 0.1) is 0 Å². The van der Waals surface area contributed by atoms with Gasteiger partial charge in [0.25, 0.3) is 0 Å². The number of rotatable bonds is 6. The molecule has 1 unspecified atom stereocenters. The van der Waals surface area contributed by atoms with E-state index >= 15 is 0 Å². The molecule has 0 aliphatic carbocycles. The summed E-state index contributed by atoms with van der Waals surface area (Å²) in [5, 5.41) is -6.91. The molecular weight excluding hydrogens is 361 g/mol. The summed E-state index contributed by atoms with van der Waals surface area (Å²) in [7, 11) is -7.32. The van der Waals surface area contributed by atoms with Crippen LogP contribution in [-0.4, -0.2) is 42.4 Å². The molecule has 0 aliphatic heterocycles. The third kappa shape index (κ3) is 4.65. The normalized spacial score (nSPS) is 16.1. The van der Waals surface area contributed by atoms with Crippen molar-refractivity contribution in [2.45, 2.75) is 42.3 Å². The number of halogens is 10. The Labute approximate surface area is 129 Å². The molecule has 3 nitrogen and oxygen atoms in total. The second-order valence-electron chi connectivity index (χ2n) is 3.79. The van der Waals surface area contributed by atoms with Crippen molar-refractivity contribution >= 4 is 10.1 Å². The van der Waals surface area contributed by atoms with E-state index in [1.807, 2.05) is 0 Å². The van der Waals surface area contributed by atoms with Crippen molar-refractivity contribution in [2.75, 3.05) is 0 Å². The number of hydrogen-bond donors (Lipinski definition) is 0. The molecular formula is C7H5F10LiO3S. The van der Waals surface area contributed by atoms with Gasteiger partial charge >= 0.3 is 42.1 Å². The Bertz CT molecular complexity index is 473. The zero-order valence-electron chi connectivity index (χ0n) is 10.4. The van der Waals surface area contributed by atoms with Crippen LogP contribution in [0.5, 0.6) is 0 Å². The van der Waals surface area contributed by atoms with Crippen LogP contribution in [0.4, 0.5) is 43.9 Å². The van der Waals surface area contributed by atoms with Gasteiger partial charge in [0.2, 0.25) is 0 Å². The molecule has 0 spiro atoms. The van der Waals surface area contributed by atoms with Crippen molar-refractivity contribution in [1.29, 1.82) is 0 Å². The first-order valence-corrected chi connectivity index (χ1v) is 6.08. The summed E-state index contributed by atoms with van der Waals surface area (Å²) in [4.78, 5) is 0. The molecule has 0 rings (SSSR count). The standard InChI is InChI=1S/C7H6F10O3S.Li/c8-3(1-2-4(9,10)11)5(12,13)6(14,15)7(16,17)21(18,19)20;/h3H,1-2H2,(H,18,19,20);/q;+1/p-1. The molecule has 0 saturated carbocycles. The van der Waals surface area contributed by atoms with E-state index < -0.39 is 52.4 Å². The number of alkyl halides is 10. The van der Waals surface area contributed by atoms with Crippen LogP contribution in [0.3, 0.4) is 0 Å². The molecule has 128 valence electrons. The largest absolute Gasteiger partial charge is 1.00 e. The van der Waals surface area contributed by atoms with Crippen LogP contribution < -0.4 is 18.9 Å². The van der Waals surface area contributed by atoms with Crippen molar-refractivity contribution < 1.29 is 75.7 Å². The Morgan fingerprint density at radius 2 is 1.27 bits per heavy atom. The zero-order valence-corrected chi connectivity index (χ0v) is 11.2. The quantitative estimate of drug-likeness (QED) is 0.380. The van der Waals surface area contributed by atoms with Gasteiger partial charge in [-0.3, -0.25) is 0 Å². The zero-order chi connectivity index (χ0) is 17.5. The van der Waals surface area contributed by atoms with Crippen molar-refractivity contribution in [3.63, 3.8) is 0 Å². The van der Waals surface area contributed by atoms with Crippen LogP contribution in [0.15, 0.2) is 0 Å². The molecule has 0 N–H and O–H groups in total. The minimum Gasteiger partial charge on any atom is -0.743 e. The number of hydrogen-bond acceptors (Lipinski definition) is 3. The van der Waals surface area contributed by atoms with Gasteiger partial charge in [0.15, 0.2) is 16.3 Å². The van der Waals surface area contributed by atoms with E-state index in [0.717, 1.165) is 0 Å². The summed E-state index contributed by atoms with van der Waals surface area (Å²) in [6.45, 7) is 0. The maximum Gasteiger partial charge on any atom is 1.00 e. The summed E-state index contributed by atoms with van der Waals surface area (Å²) < 4.78 is 153. The van der Waals surface area contributed by atoms with Gasteiger partial charge in [-0.25, -0.2) is 12.8 Å². The van der Waals surface area contributed by atoms with Crippen LogP contribution in [0.25, 0.3) is 0 Å². The molecule has 15 heteroatoms. The van der Waals surface area contributed by atoms with Crippen LogP contribution >= 0.6 is 0 Å². The average molecular weight is 366 g/mol. The van der Waals surface area contributed by atoms with Gasteiger partial charge in [0.05, 0.1) is 0 Å². The van der Waals surface area contributed by atoms with Crippen molar-refractivity contribution in [3.8, 4) is 0 Å². The van der Waals surface area contributed by atoms with Gasteiger partial charge in [0, 0.05) is 6.42 Å². The van der Waals surface area contributed by atoms with E-state index in [4.69, 9.17) is 0 Å². The molecule has 0 aromatic carbocycles. The Kier molecular flexibility index (Phi) is 7.37. The molecule has 0 aromatic heterocycles. The molecule has 0 aliphatic rings. The molecule has 1 atom stereocenters. The Balaban J connectivity index is 0. The minimum atomic E-state index is -7.32. The molecule has 22 heavy (non-hydrogen) atoms. The molecule has 0 saturated heterocycles. The summed E-state index contributed by atoms with van der Waals surface area (Å²) in [5.74, 6) is -13.6. The molecule has 0 aromatic rings. The third-order valence-electron chi connectivity index (χ3n) is 2.17. The van der Waals surface area contributed by atoms with Crippen molar-refractivity contribution in [2.24, 2.45) is 0 Å². The summed E-state index contributed by atoms with van der Waals surface area (Å²) in [5.41, 5.74) is 0. The molecule has 0 radical (unpaired) electrons. The van der Waals surface area contributed by atoms with Gasteiger partial charge in [-0.1, -0.05) is 0 Å². The van der Waals surface area contributed by atoms with Gasteiger partial charge in [-0.2, -0.15) is 39.5 Å². The van der Waals surface area contributed by atoms with Crippen molar-refractivity contribution in [1.82, 2.24) is 0 Å². The Hall–Kier alpha value is -0.193. The van der Waals surface area contributed by atoms with Crippen LogP contribution in [0.2, 0.25) is 0 Å². The molecule has 0 bridgehead atoms. The fourth-order valence-electron chi connectivity index (χ4n) is 1.02. The maximum atomic E-state index is 12.8. The van der Waals surface area contributed by atoms with Gasteiger partial charge < -0.3 is 4.55 Å². The first-order chi connectivity index (χ1) is 8.88. The SMILES string of the molecule is O=S(=O)([O-])C(F)(F)C(F)(F)C(F)(F)C(F)CCC(F)(F)F.[Li+]. The Morgan fingerprint density at radius 3 is 1.55 bits per heavy atom. The van der Waals surface area contributed by atoms with E-state index in [-0.39, 0.29) is 18.9 Å². The smallest absolute Gasteiger partial charge is 0.743 e. The predicted molar refractivity (Wildman–Crippen MR) is 44.7 cm³/mol. The molecule has 0 amide bonds. The van der Waals surface area contributed by atoms with Crippen LogP contribution in [-0.2, 0) is 10.1 Å². The van der Waals surface area contributed by atoms with Gasteiger partial charge in [-0.15, -0.1) is 0 Å². The Morgan fingerprint density at radius 1 is 0.909 bits per heavy atom. The van der Waals surface area contributed by atoms with E-state index in [2.05, 4.69) is 0 Å². The molecule has 0 fully saturated rings. The summed E-state index contributed by atoms with van der Waals surface area (Å²) >= 11 is 0. The van der Waals surface area contributed by atoms with E-state index in [1.54, 1.807) is 0 Å². The van der Waals surface area contributed by atoms with Gasteiger partial charge in [0.1, 0.15) is 0 Å². The summed E-state index contributed by atoms with van der Waals surface area (Å²) in [6.07, 6.45) is -14.4. The summed E-state index contributed by atoms with van der Waals surface area (Å²) in [6, 6.07) is 0. The predicted octanol–water partition coefficient (Wildman–Crippen LogP) is 0.0796. The van der Waals surface area contributed by atoms with Crippen molar-refractivity contribution in [3.05, 3.63) is 0 Å². The first-order valence-electron chi connectivity index (χ1n) is 4.67. The van der Waals surface area contributed by atoms with E-state index in [0.29, 0.717) is 0 Å². The van der Waals surface area contributed by atoms with Gasteiger partial charge in [-0.05, 0) is 6.42 Å². The fraction of sp³-hybridized carbons (Fsp3) is 1.00. The topological polar surface area (TPSA) is 57.2 Å². The van der Waals surface area contributed by atoms with E-state index in [9.17, 15) is 56.9 Å². The fourth-order valence-corrected chi connectivity index (χ4v) is 1.47. The monoisotopic (exact) mass is 366 g/mol. The maximum absolute atomic E-state index is 12.8. The minimum absolute atomic E-state index is 0. The second kappa shape index (κ2) is 6.74. The average Bonchev–Trinajstić information content (AvgIpc) is 2.22. The molecule has 0 heterocycles. The third-order valence-corrected chi connectivity index (χ3v) is 3.06. The van der Waals surface area contributed by atoms with Crippen LogP contribution in [0.1, 0.15) is 12.8 Å².